The first kappa shape index (κ1) is 22.6. The van der Waals surface area contributed by atoms with E-state index in [0.717, 1.165) is 0 Å². The van der Waals surface area contributed by atoms with Crippen LogP contribution in [0.3, 0.4) is 0 Å². The standard InChI is InChI=1S/C27H20ClNO6/c1-31-22-12-16(13-23(32-2)25(22)33-3)21-14-19(18-9-4-5-10-20(18)34-21)24-27(30)35-26(29-24)15-7-6-8-17(28)11-15/h4-14H,1-3H3. The number of esters is 1. The lowest BCUT2D eigenvalue weighted by atomic mass is 9.97. The van der Waals surface area contributed by atoms with E-state index in [4.69, 9.17) is 35.3 Å². The summed E-state index contributed by atoms with van der Waals surface area (Å²) in [5, 5.41) is 0.517. The van der Waals surface area contributed by atoms with E-state index in [9.17, 15) is 4.79 Å². The van der Waals surface area contributed by atoms with Gasteiger partial charge in [0.1, 0.15) is 11.5 Å². The van der Waals surface area contributed by atoms with E-state index in [1.54, 1.807) is 56.7 Å². The quantitative estimate of drug-likeness (QED) is 0.347. The van der Waals surface area contributed by atoms with Crippen LogP contribution in [0.4, 0.5) is 0 Å². The SMILES string of the molecule is COc1cc(C2=CC(=C3N=C(c4cccc(Cl)c4)OC3=O)c3ccccc3O2)cc(OC)c1OC. The molecule has 0 amide bonds. The van der Waals surface area contributed by atoms with E-state index in [-0.39, 0.29) is 11.6 Å². The minimum absolute atomic E-state index is 0.167. The van der Waals surface area contributed by atoms with Gasteiger partial charge < -0.3 is 23.7 Å². The highest BCUT2D eigenvalue weighted by Gasteiger charge is 2.31. The molecule has 2 aliphatic heterocycles. The van der Waals surface area contributed by atoms with Crippen LogP contribution in [0, 0.1) is 0 Å². The molecule has 0 radical (unpaired) electrons. The van der Waals surface area contributed by atoms with Gasteiger partial charge in [0, 0.05) is 27.3 Å². The number of benzene rings is 3. The number of hydrogen-bond donors (Lipinski definition) is 0. The van der Waals surface area contributed by atoms with E-state index < -0.39 is 5.97 Å². The van der Waals surface area contributed by atoms with Crippen LogP contribution >= 0.6 is 11.6 Å². The number of rotatable bonds is 5. The number of para-hydroxylation sites is 1. The molecule has 0 spiro atoms. The number of ether oxygens (including phenoxy) is 5. The van der Waals surface area contributed by atoms with Crippen molar-refractivity contribution in [2.75, 3.05) is 21.3 Å². The van der Waals surface area contributed by atoms with Crippen molar-refractivity contribution >= 4 is 34.8 Å². The third-order valence-corrected chi connectivity index (χ3v) is 5.78. The summed E-state index contributed by atoms with van der Waals surface area (Å²) in [6.45, 7) is 0. The summed E-state index contributed by atoms with van der Waals surface area (Å²) < 4.78 is 28.1. The molecule has 3 aromatic rings. The Labute approximate surface area is 206 Å². The number of aliphatic imine (C=N–C) groups is 1. The van der Waals surface area contributed by atoms with Gasteiger partial charge in [0.15, 0.2) is 17.2 Å². The molecule has 0 bridgehead atoms. The summed E-state index contributed by atoms with van der Waals surface area (Å²) in [4.78, 5) is 17.4. The summed E-state index contributed by atoms with van der Waals surface area (Å²) >= 11 is 6.11. The highest BCUT2D eigenvalue weighted by Crippen LogP contribution is 2.44. The minimum Gasteiger partial charge on any atom is -0.493 e. The first-order chi connectivity index (χ1) is 17.0. The summed E-state index contributed by atoms with van der Waals surface area (Å²) in [5.41, 5.74) is 2.72. The van der Waals surface area contributed by atoms with E-state index in [1.807, 2.05) is 24.3 Å². The first-order valence-electron chi connectivity index (χ1n) is 10.6. The van der Waals surface area contributed by atoms with Crippen LogP contribution in [0.2, 0.25) is 5.02 Å². The summed E-state index contributed by atoms with van der Waals surface area (Å²) in [6.07, 6.45) is 1.75. The zero-order chi connectivity index (χ0) is 24.5. The van der Waals surface area contributed by atoms with Gasteiger partial charge in [0.05, 0.1) is 21.3 Å². The molecule has 0 unspecified atom stereocenters. The number of carbonyl (C=O) groups excluding carboxylic acids is 1. The highest BCUT2D eigenvalue weighted by molar-refractivity contribution is 6.31. The maximum Gasteiger partial charge on any atom is 0.364 e. The molecular weight excluding hydrogens is 470 g/mol. The lowest BCUT2D eigenvalue weighted by molar-refractivity contribution is -0.129. The largest absolute Gasteiger partial charge is 0.493 e. The molecule has 0 N–H and O–H groups in total. The summed E-state index contributed by atoms with van der Waals surface area (Å²) in [7, 11) is 4.62. The predicted molar refractivity (Wildman–Crippen MR) is 132 cm³/mol. The molecule has 2 heterocycles. The van der Waals surface area contributed by atoms with E-state index in [0.29, 0.717) is 56.0 Å². The second kappa shape index (κ2) is 9.19. The van der Waals surface area contributed by atoms with Crippen LogP contribution in [0.15, 0.2) is 77.4 Å². The van der Waals surface area contributed by atoms with Crippen LogP contribution < -0.4 is 18.9 Å². The summed E-state index contributed by atoms with van der Waals surface area (Å²) in [5.74, 6) is 2.08. The van der Waals surface area contributed by atoms with Crippen LogP contribution in [0.25, 0.3) is 11.3 Å². The Morgan fingerprint density at radius 3 is 2.26 bits per heavy atom. The Morgan fingerprint density at radius 2 is 1.57 bits per heavy atom. The zero-order valence-corrected chi connectivity index (χ0v) is 19.9. The number of halogens is 1. The fourth-order valence-electron chi connectivity index (χ4n) is 3.92. The average Bonchev–Trinajstić information content (AvgIpc) is 3.28. The molecule has 35 heavy (non-hydrogen) atoms. The first-order valence-corrected chi connectivity index (χ1v) is 11.0. The molecule has 3 aromatic carbocycles. The maximum atomic E-state index is 12.9. The predicted octanol–water partition coefficient (Wildman–Crippen LogP) is 5.51. The van der Waals surface area contributed by atoms with Crippen molar-refractivity contribution < 1.29 is 28.5 Å². The Kier molecular flexibility index (Phi) is 5.93. The molecule has 176 valence electrons. The highest BCUT2D eigenvalue weighted by atomic mass is 35.5. The second-order valence-electron chi connectivity index (χ2n) is 7.60. The molecule has 5 rings (SSSR count). The van der Waals surface area contributed by atoms with Crippen LogP contribution in [0.1, 0.15) is 16.7 Å². The summed E-state index contributed by atoms with van der Waals surface area (Å²) in [6, 6.07) is 17.9. The monoisotopic (exact) mass is 489 g/mol. The van der Waals surface area contributed by atoms with Gasteiger partial charge in [-0.2, -0.15) is 0 Å². The molecule has 0 saturated carbocycles. The normalized spacial score (nSPS) is 16.5. The van der Waals surface area contributed by atoms with Crippen molar-refractivity contribution in [3.8, 4) is 23.0 Å². The molecule has 7 nitrogen and oxygen atoms in total. The smallest absolute Gasteiger partial charge is 0.364 e. The Balaban J connectivity index is 1.68. The van der Waals surface area contributed by atoms with E-state index in [1.165, 1.54) is 7.11 Å². The van der Waals surface area contributed by atoms with E-state index in [2.05, 4.69) is 4.99 Å². The number of nitrogens with zero attached hydrogens (tertiary/aromatic N) is 1. The van der Waals surface area contributed by atoms with E-state index >= 15 is 0 Å². The molecule has 0 aliphatic carbocycles. The van der Waals surface area contributed by atoms with Crippen LogP contribution in [0.5, 0.6) is 23.0 Å². The Bertz CT molecular complexity index is 1410. The fourth-order valence-corrected chi connectivity index (χ4v) is 4.11. The van der Waals surface area contributed by atoms with Gasteiger partial charge >= 0.3 is 5.97 Å². The van der Waals surface area contributed by atoms with Crippen molar-refractivity contribution in [2.24, 2.45) is 4.99 Å². The molecule has 0 atom stereocenters. The van der Waals surface area contributed by atoms with Crippen molar-refractivity contribution in [2.45, 2.75) is 0 Å². The molecule has 0 fully saturated rings. The van der Waals surface area contributed by atoms with Gasteiger partial charge in [-0.15, -0.1) is 0 Å². The van der Waals surface area contributed by atoms with Gasteiger partial charge in [-0.05, 0) is 42.5 Å². The lowest BCUT2D eigenvalue weighted by Gasteiger charge is -2.22. The topological polar surface area (TPSA) is 75.6 Å². The van der Waals surface area contributed by atoms with Crippen molar-refractivity contribution in [1.82, 2.24) is 0 Å². The van der Waals surface area contributed by atoms with Gasteiger partial charge in [0.25, 0.3) is 0 Å². The minimum atomic E-state index is -0.563. The van der Waals surface area contributed by atoms with Crippen molar-refractivity contribution in [3.63, 3.8) is 0 Å². The number of cyclic esters (lactones) is 1. The lowest BCUT2D eigenvalue weighted by Crippen LogP contribution is -2.09. The van der Waals surface area contributed by atoms with Gasteiger partial charge in [0.2, 0.25) is 11.6 Å². The number of hydrogen-bond acceptors (Lipinski definition) is 7. The maximum absolute atomic E-state index is 12.9. The Hall–Kier alpha value is -4.23. The number of allylic oxidation sites excluding steroid dienone is 2. The Morgan fingerprint density at radius 1 is 0.829 bits per heavy atom. The number of methoxy groups -OCH3 is 3. The van der Waals surface area contributed by atoms with Gasteiger partial charge in [-0.3, -0.25) is 0 Å². The molecule has 2 aliphatic rings. The molecule has 8 heteroatoms. The van der Waals surface area contributed by atoms with Gasteiger partial charge in [-0.1, -0.05) is 35.9 Å². The second-order valence-corrected chi connectivity index (χ2v) is 8.04. The van der Waals surface area contributed by atoms with Gasteiger partial charge in [-0.25, -0.2) is 9.79 Å². The fraction of sp³-hybridized carbons (Fsp3) is 0.111. The van der Waals surface area contributed by atoms with Crippen molar-refractivity contribution in [3.05, 3.63) is 94.1 Å². The van der Waals surface area contributed by atoms with Crippen molar-refractivity contribution in [1.29, 1.82) is 0 Å². The third-order valence-electron chi connectivity index (χ3n) is 5.54. The molecular formula is C27H20ClNO6. The van der Waals surface area contributed by atoms with Crippen LogP contribution in [-0.4, -0.2) is 33.2 Å². The number of fused-ring (bicyclic) bond motifs is 1. The zero-order valence-electron chi connectivity index (χ0n) is 19.1. The average molecular weight is 490 g/mol. The molecule has 0 aromatic heterocycles. The third kappa shape index (κ3) is 4.11. The van der Waals surface area contributed by atoms with Crippen LogP contribution in [-0.2, 0) is 9.53 Å². The molecule has 0 saturated heterocycles. The number of carbonyl (C=O) groups is 1.